The summed E-state index contributed by atoms with van der Waals surface area (Å²) in [5.41, 5.74) is 2.69. The Balaban J connectivity index is 1.76. The summed E-state index contributed by atoms with van der Waals surface area (Å²) in [6.07, 6.45) is 5.23. The van der Waals surface area contributed by atoms with Crippen LogP contribution in [0.5, 0.6) is 0 Å². The maximum Gasteiger partial charge on any atom is 0.257 e. The molecule has 0 saturated heterocycles. The summed E-state index contributed by atoms with van der Waals surface area (Å²) >= 11 is 1.80. The smallest absolute Gasteiger partial charge is 0.257 e. The Morgan fingerprint density at radius 3 is 2.95 bits per heavy atom. The summed E-state index contributed by atoms with van der Waals surface area (Å²) < 4.78 is 1.69. The zero-order valence-corrected chi connectivity index (χ0v) is 14.4. The van der Waals surface area contributed by atoms with E-state index in [-0.39, 0.29) is 5.91 Å². The first-order valence-electron chi connectivity index (χ1n) is 7.67. The zero-order valence-electron chi connectivity index (χ0n) is 13.6. The normalized spacial score (nSPS) is 17.4. The molecule has 2 aromatic rings. The van der Waals surface area contributed by atoms with Gasteiger partial charge >= 0.3 is 0 Å². The van der Waals surface area contributed by atoms with Crippen LogP contribution in [0.1, 0.15) is 50.4 Å². The van der Waals surface area contributed by atoms with Gasteiger partial charge in [-0.1, -0.05) is 0 Å². The number of aryl methyl sites for hydroxylation is 4. The molecule has 0 unspecified atom stereocenters. The molecule has 6 heteroatoms. The van der Waals surface area contributed by atoms with E-state index in [1.54, 1.807) is 22.2 Å². The van der Waals surface area contributed by atoms with Gasteiger partial charge in [-0.25, -0.2) is 4.98 Å². The minimum Gasteiger partial charge on any atom is -0.341 e. The Hall–Kier alpha value is -1.69. The van der Waals surface area contributed by atoms with Crippen LogP contribution in [0.25, 0.3) is 0 Å². The minimum absolute atomic E-state index is 0.0460. The molecular weight excluding hydrogens is 296 g/mol. The van der Waals surface area contributed by atoms with Crippen LogP contribution < -0.4 is 0 Å². The van der Waals surface area contributed by atoms with Crippen LogP contribution in [-0.4, -0.2) is 39.2 Å². The number of nitrogens with zero attached hydrogens (tertiary/aromatic N) is 4. The van der Waals surface area contributed by atoms with Gasteiger partial charge in [0.1, 0.15) is 0 Å². The van der Waals surface area contributed by atoms with E-state index < -0.39 is 0 Å². The van der Waals surface area contributed by atoms with Gasteiger partial charge in [-0.2, -0.15) is 5.10 Å². The van der Waals surface area contributed by atoms with Crippen molar-refractivity contribution >= 4 is 17.2 Å². The fourth-order valence-corrected chi connectivity index (χ4v) is 4.30. The Morgan fingerprint density at radius 2 is 2.27 bits per heavy atom. The van der Waals surface area contributed by atoms with Gasteiger partial charge < -0.3 is 4.90 Å². The maximum atomic E-state index is 12.6. The predicted molar refractivity (Wildman–Crippen MR) is 87.4 cm³/mol. The number of fused-ring (bicyclic) bond motifs is 1. The first kappa shape index (κ1) is 15.2. The van der Waals surface area contributed by atoms with Crippen molar-refractivity contribution in [3.05, 3.63) is 33.0 Å². The standard InChI is InChI=1S/C16H22N4OS/c1-10-13(9-20(4)18-10)16(21)19(3)8-12-6-5-7-14-15(12)17-11(2)22-14/h9,12H,5-8H2,1-4H3/t12-/m0/s1. The molecule has 0 aromatic carbocycles. The third-order valence-electron chi connectivity index (χ3n) is 4.26. The molecule has 0 bridgehead atoms. The van der Waals surface area contributed by atoms with E-state index in [1.165, 1.54) is 17.0 Å². The molecule has 2 aromatic heterocycles. The molecule has 5 nitrogen and oxygen atoms in total. The van der Waals surface area contributed by atoms with Crippen molar-refractivity contribution in [1.82, 2.24) is 19.7 Å². The van der Waals surface area contributed by atoms with Crippen molar-refractivity contribution in [2.45, 2.75) is 39.0 Å². The Morgan fingerprint density at radius 1 is 1.50 bits per heavy atom. The number of hydrogen-bond donors (Lipinski definition) is 0. The van der Waals surface area contributed by atoms with Crippen LogP contribution in [-0.2, 0) is 13.5 Å². The highest BCUT2D eigenvalue weighted by Gasteiger charge is 2.27. The summed E-state index contributed by atoms with van der Waals surface area (Å²) in [5.74, 6) is 0.407. The molecule has 0 saturated carbocycles. The first-order valence-corrected chi connectivity index (χ1v) is 8.49. The van der Waals surface area contributed by atoms with Crippen molar-refractivity contribution in [3.63, 3.8) is 0 Å². The van der Waals surface area contributed by atoms with E-state index >= 15 is 0 Å². The van der Waals surface area contributed by atoms with E-state index in [1.807, 2.05) is 25.9 Å². The molecule has 1 atom stereocenters. The highest BCUT2D eigenvalue weighted by molar-refractivity contribution is 7.11. The average molecular weight is 318 g/mol. The number of carbonyl (C=O) groups excluding carboxylic acids is 1. The van der Waals surface area contributed by atoms with Gasteiger partial charge in [-0.15, -0.1) is 11.3 Å². The van der Waals surface area contributed by atoms with E-state index in [2.05, 4.69) is 12.0 Å². The minimum atomic E-state index is 0.0460. The molecule has 0 aliphatic heterocycles. The molecule has 1 amide bonds. The van der Waals surface area contributed by atoms with E-state index in [0.29, 0.717) is 11.5 Å². The van der Waals surface area contributed by atoms with Crippen LogP contribution in [0.2, 0.25) is 0 Å². The van der Waals surface area contributed by atoms with Gasteiger partial charge in [-0.05, 0) is 33.1 Å². The predicted octanol–water partition coefficient (Wildman–Crippen LogP) is 2.69. The highest BCUT2D eigenvalue weighted by atomic mass is 32.1. The van der Waals surface area contributed by atoms with Gasteiger partial charge in [0.25, 0.3) is 5.91 Å². The second kappa shape index (κ2) is 5.83. The number of rotatable bonds is 3. The molecule has 22 heavy (non-hydrogen) atoms. The van der Waals surface area contributed by atoms with E-state index in [0.717, 1.165) is 30.1 Å². The maximum absolute atomic E-state index is 12.6. The average Bonchev–Trinajstić information content (AvgIpc) is 3.00. The summed E-state index contributed by atoms with van der Waals surface area (Å²) in [4.78, 5) is 20.6. The lowest BCUT2D eigenvalue weighted by molar-refractivity contribution is 0.0782. The molecule has 1 aliphatic rings. The molecule has 0 spiro atoms. The molecule has 0 fully saturated rings. The van der Waals surface area contributed by atoms with Crippen molar-refractivity contribution in [2.24, 2.45) is 7.05 Å². The Labute approximate surface area is 135 Å². The third kappa shape index (κ3) is 2.79. The second-order valence-corrected chi connectivity index (χ2v) is 7.41. The van der Waals surface area contributed by atoms with Gasteiger partial charge in [-0.3, -0.25) is 9.48 Å². The van der Waals surface area contributed by atoms with Crippen molar-refractivity contribution in [3.8, 4) is 0 Å². The summed E-state index contributed by atoms with van der Waals surface area (Å²) in [6.45, 7) is 4.67. The van der Waals surface area contributed by atoms with Crippen molar-refractivity contribution < 1.29 is 4.79 Å². The molecule has 3 rings (SSSR count). The lowest BCUT2D eigenvalue weighted by Gasteiger charge is -2.26. The zero-order chi connectivity index (χ0) is 15.9. The lowest BCUT2D eigenvalue weighted by Crippen LogP contribution is -2.32. The van der Waals surface area contributed by atoms with Gasteiger partial charge in [0.2, 0.25) is 0 Å². The molecule has 1 aliphatic carbocycles. The van der Waals surface area contributed by atoms with Crippen LogP contribution in [0.15, 0.2) is 6.20 Å². The first-order chi connectivity index (χ1) is 10.5. The van der Waals surface area contributed by atoms with Crippen LogP contribution in [0, 0.1) is 13.8 Å². The van der Waals surface area contributed by atoms with Crippen LogP contribution in [0.4, 0.5) is 0 Å². The Bertz CT molecular complexity index is 703. The molecular formula is C16H22N4OS. The van der Waals surface area contributed by atoms with Crippen molar-refractivity contribution in [2.75, 3.05) is 13.6 Å². The second-order valence-electron chi connectivity index (χ2n) is 6.12. The summed E-state index contributed by atoms with van der Waals surface area (Å²) in [5, 5.41) is 5.39. The topological polar surface area (TPSA) is 51.0 Å². The Kier molecular flexibility index (Phi) is 4.04. The SMILES string of the molecule is Cc1nc2c(s1)CCC[C@H]2CN(C)C(=O)c1cn(C)nc1C. The largest absolute Gasteiger partial charge is 0.341 e. The fourth-order valence-electron chi connectivity index (χ4n) is 3.24. The lowest BCUT2D eigenvalue weighted by atomic mass is 9.90. The summed E-state index contributed by atoms with van der Waals surface area (Å²) in [6, 6.07) is 0. The van der Waals surface area contributed by atoms with E-state index in [4.69, 9.17) is 4.98 Å². The van der Waals surface area contributed by atoms with E-state index in [9.17, 15) is 4.79 Å². The number of amides is 1. The molecule has 118 valence electrons. The van der Waals surface area contributed by atoms with Gasteiger partial charge in [0, 0.05) is 37.6 Å². The number of likely N-dealkylation sites (N-methyl/N-ethyl adjacent to an activating group) is 1. The van der Waals surface area contributed by atoms with Gasteiger partial charge in [0.15, 0.2) is 0 Å². The quantitative estimate of drug-likeness (QED) is 0.874. The van der Waals surface area contributed by atoms with Crippen LogP contribution >= 0.6 is 11.3 Å². The van der Waals surface area contributed by atoms with Crippen molar-refractivity contribution in [1.29, 1.82) is 0 Å². The fraction of sp³-hybridized carbons (Fsp3) is 0.562. The van der Waals surface area contributed by atoms with Gasteiger partial charge in [0.05, 0.1) is 22.0 Å². The molecule has 0 N–H and O–H groups in total. The number of aromatic nitrogens is 3. The number of hydrogen-bond acceptors (Lipinski definition) is 4. The number of thiazole rings is 1. The highest BCUT2D eigenvalue weighted by Crippen LogP contribution is 2.35. The summed E-state index contributed by atoms with van der Waals surface area (Å²) in [7, 11) is 3.72. The van der Waals surface area contributed by atoms with Crippen LogP contribution in [0.3, 0.4) is 0 Å². The molecule has 0 radical (unpaired) electrons. The number of carbonyl (C=O) groups is 1. The molecule has 2 heterocycles. The monoisotopic (exact) mass is 318 g/mol. The third-order valence-corrected chi connectivity index (χ3v) is 5.31.